The molecule has 0 aliphatic heterocycles. The molecule has 3 N–H and O–H groups in total. The smallest absolute Gasteiger partial charge is 0.134 e. The first-order chi connectivity index (χ1) is 9.63. The van der Waals surface area contributed by atoms with Crippen LogP contribution in [0, 0.1) is 5.41 Å². The zero-order valence-corrected chi connectivity index (χ0v) is 12.0. The molecular weight excluding hydrogens is 256 g/mol. The summed E-state index contributed by atoms with van der Waals surface area (Å²) in [4.78, 5) is 0. The van der Waals surface area contributed by atoms with Gasteiger partial charge in [0, 0.05) is 19.6 Å². The van der Waals surface area contributed by atoms with Crippen molar-refractivity contribution in [3.63, 3.8) is 0 Å². The molecule has 110 valence electrons. The minimum atomic E-state index is 0.00162. The number of nitrogen functional groups attached to an aromatic ring is 1. The van der Waals surface area contributed by atoms with Crippen molar-refractivity contribution >= 4 is 5.84 Å². The predicted molar refractivity (Wildman–Crippen MR) is 77.7 cm³/mol. The Balaban J connectivity index is 2.16. The maximum Gasteiger partial charge on any atom is 0.134 e. The Morgan fingerprint density at radius 1 is 1.25 bits per heavy atom. The summed E-state index contributed by atoms with van der Waals surface area (Å²) in [5, 5.41) is 7.63. The van der Waals surface area contributed by atoms with Crippen molar-refractivity contribution in [1.29, 1.82) is 5.41 Å². The highest BCUT2D eigenvalue weighted by atomic mass is 16.5. The van der Waals surface area contributed by atoms with Gasteiger partial charge in [0.15, 0.2) is 0 Å². The van der Waals surface area contributed by atoms with E-state index in [1.807, 2.05) is 0 Å². The molecule has 1 aliphatic rings. The third-order valence-corrected chi connectivity index (χ3v) is 3.68. The lowest BCUT2D eigenvalue weighted by molar-refractivity contribution is 0.0208. The molecule has 0 bridgehead atoms. The molecule has 0 spiro atoms. The highest BCUT2D eigenvalue weighted by Crippen LogP contribution is 2.30. The summed E-state index contributed by atoms with van der Waals surface area (Å²) in [6.45, 7) is 0. The maximum absolute atomic E-state index is 7.63. The van der Waals surface area contributed by atoms with Gasteiger partial charge in [0.1, 0.15) is 23.4 Å². The van der Waals surface area contributed by atoms with Crippen LogP contribution in [-0.2, 0) is 4.74 Å². The van der Waals surface area contributed by atoms with Crippen LogP contribution in [-0.4, -0.2) is 32.3 Å². The number of amidine groups is 1. The van der Waals surface area contributed by atoms with Crippen LogP contribution in [0.5, 0.6) is 11.5 Å². The number of rotatable bonds is 5. The maximum atomic E-state index is 7.63. The van der Waals surface area contributed by atoms with Gasteiger partial charge in [-0.3, -0.25) is 5.41 Å². The molecular formula is C15H22N2O3. The summed E-state index contributed by atoms with van der Waals surface area (Å²) < 4.78 is 16.7. The quantitative estimate of drug-likeness (QED) is 0.640. The molecule has 0 saturated heterocycles. The molecule has 2 rings (SSSR count). The van der Waals surface area contributed by atoms with Gasteiger partial charge in [-0.05, 0) is 31.4 Å². The van der Waals surface area contributed by atoms with Crippen molar-refractivity contribution in [2.75, 3.05) is 14.2 Å². The monoisotopic (exact) mass is 278 g/mol. The molecule has 1 aliphatic carbocycles. The summed E-state index contributed by atoms with van der Waals surface area (Å²) in [5.41, 5.74) is 6.20. The summed E-state index contributed by atoms with van der Waals surface area (Å²) in [6.07, 6.45) is 4.37. The lowest BCUT2D eigenvalue weighted by atomic mass is 9.95. The Kier molecular flexibility index (Phi) is 4.84. The number of hydrogen-bond acceptors (Lipinski definition) is 4. The fourth-order valence-electron chi connectivity index (χ4n) is 2.55. The Bertz CT molecular complexity index is 476. The fourth-order valence-corrected chi connectivity index (χ4v) is 2.55. The summed E-state index contributed by atoms with van der Waals surface area (Å²) in [5.74, 6) is 1.31. The highest BCUT2D eigenvalue weighted by Gasteiger charge is 2.24. The molecule has 2 atom stereocenters. The molecule has 1 aromatic carbocycles. The van der Waals surface area contributed by atoms with Crippen LogP contribution >= 0.6 is 0 Å². The standard InChI is InChI=1S/C15H22N2O3/c1-18-10-4-3-5-12(8-10)20-14-9-11(19-2)6-7-13(14)15(16)17/h6-7,9-10,12H,3-5,8H2,1-2H3,(H3,16,17). The molecule has 5 heteroatoms. The van der Waals surface area contributed by atoms with E-state index in [0.29, 0.717) is 17.1 Å². The third kappa shape index (κ3) is 3.42. The van der Waals surface area contributed by atoms with Crippen LogP contribution in [0.2, 0.25) is 0 Å². The average molecular weight is 278 g/mol. The molecule has 1 saturated carbocycles. The van der Waals surface area contributed by atoms with E-state index >= 15 is 0 Å². The second-order valence-corrected chi connectivity index (χ2v) is 5.04. The normalized spacial score (nSPS) is 22.3. The van der Waals surface area contributed by atoms with Crippen molar-refractivity contribution in [1.82, 2.24) is 0 Å². The van der Waals surface area contributed by atoms with E-state index in [-0.39, 0.29) is 18.0 Å². The Labute approximate surface area is 119 Å². The fraction of sp³-hybridized carbons (Fsp3) is 0.533. The topological polar surface area (TPSA) is 77.6 Å². The first-order valence-electron chi connectivity index (χ1n) is 6.86. The number of benzene rings is 1. The number of hydrogen-bond donors (Lipinski definition) is 2. The third-order valence-electron chi connectivity index (χ3n) is 3.68. The summed E-state index contributed by atoms with van der Waals surface area (Å²) in [6, 6.07) is 5.32. The SMILES string of the molecule is COc1ccc(C(=N)N)c(OC2CCCC(OC)C2)c1. The van der Waals surface area contributed by atoms with Gasteiger partial charge in [-0.25, -0.2) is 0 Å². The molecule has 0 amide bonds. The van der Waals surface area contributed by atoms with Crippen molar-refractivity contribution in [3.8, 4) is 11.5 Å². The Hall–Kier alpha value is -1.75. The van der Waals surface area contributed by atoms with E-state index < -0.39 is 0 Å². The van der Waals surface area contributed by atoms with Gasteiger partial charge >= 0.3 is 0 Å². The zero-order chi connectivity index (χ0) is 14.5. The van der Waals surface area contributed by atoms with Crippen LogP contribution < -0.4 is 15.2 Å². The highest BCUT2D eigenvalue weighted by molar-refractivity contribution is 5.97. The van der Waals surface area contributed by atoms with E-state index in [2.05, 4.69) is 0 Å². The van der Waals surface area contributed by atoms with E-state index in [1.54, 1.807) is 32.4 Å². The number of methoxy groups -OCH3 is 2. The minimum Gasteiger partial charge on any atom is -0.497 e. The van der Waals surface area contributed by atoms with Crippen LogP contribution in [0.4, 0.5) is 0 Å². The largest absolute Gasteiger partial charge is 0.497 e. The summed E-state index contributed by atoms with van der Waals surface area (Å²) >= 11 is 0. The summed E-state index contributed by atoms with van der Waals surface area (Å²) in [7, 11) is 3.34. The predicted octanol–water partition coefficient (Wildman–Crippen LogP) is 2.32. The molecule has 2 unspecified atom stereocenters. The van der Waals surface area contributed by atoms with E-state index in [4.69, 9.17) is 25.4 Å². The van der Waals surface area contributed by atoms with E-state index in [9.17, 15) is 0 Å². The van der Waals surface area contributed by atoms with Crippen molar-refractivity contribution in [2.45, 2.75) is 37.9 Å². The van der Waals surface area contributed by atoms with E-state index in [0.717, 1.165) is 25.7 Å². The lowest BCUT2D eigenvalue weighted by Crippen LogP contribution is -2.30. The molecule has 0 heterocycles. The van der Waals surface area contributed by atoms with Gasteiger partial charge in [0.05, 0.1) is 18.8 Å². The minimum absolute atomic E-state index is 0.00162. The molecule has 5 nitrogen and oxygen atoms in total. The van der Waals surface area contributed by atoms with Gasteiger partial charge in [0.25, 0.3) is 0 Å². The number of nitrogens with one attached hydrogen (secondary N) is 1. The lowest BCUT2D eigenvalue weighted by Gasteiger charge is -2.29. The van der Waals surface area contributed by atoms with Crippen LogP contribution in [0.3, 0.4) is 0 Å². The molecule has 20 heavy (non-hydrogen) atoms. The Morgan fingerprint density at radius 3 is 2.65 bits per heavy atom. The molecule has 1 fully saturated rings. The van der Waals surface area contributed by atoms with Gasteiger partial charge in [0.2, 0.25) is 0 Å². The second kappa shape index (κ2) is 6.61. The molecule has 1 aromatic rings. The molecule has 0 radical (unpaired) electrons. The second-order valence-electron chi connectivity index (χ2n) is 5.04. The van der Waals surface area contributed by atoms with Crippen LogP contribution in [0.15, 0.2) is 18.2 Å². The number of ether oxygens (including phenoxy) is 3. The van der Waals surface area contributed by atoms with Crippen LogP contribution in [0.1, 0.15) is 31.2 Å². The van der Waals surface area contributed by atoms with Crippen molar-refractivity contribution in [2.24, 2.45) is 5.73 Å². The van der Waals surface area contributed by atoms with Crippen molar-refractivity contribution in [3.05, 3.63) is 23.8 Å². The molecule has 0 aromatic heterocycles. The van der Waals surface area contributed by atoms with Gasteiger partial charge in [-0.15, -0.1) is 0 Å². The van der Waals surface area contributed by atoms with Gasteiger partial charge in [-0.1, -0.05) is 0 Å². The van der Waals surface area contributed by atoms with E-state index in [1.165, 1.54) is 0 Å². The van der Waals surface area contributed by atoms with Crippen LogP contribution in [0.25, 0.3) is 0 Å². The van der Waals surface area contributed by atoms with Gasteiger partial charge in [-0.2, -0.15) is 0 Å². The zero-order valence-electron chi connectivity index (χ0n) is 12.0. The van der Waals surface area contributed by atoms with Crippen molar-refractivity contribution < 1.29 is 14.2 Å². The van der Waals surface area contributed by atoms with Gasteiger partial charge < -0.3 is 19.9 Å². The number of nitrogens with two attached hydrogens (primary N) is 1. The first kappa shape index (κ1) is 14.7. The Morgan fingerprint density at radius 2 is 2.00 bits per heavy atom. The first-order valence-corrected chi connectivity index (χ1v) is 6.86. The average Bonchev–Trinajstić information content (AvgIpc) is 2.47.